The molecule has 0 fully saturated rings. The number of nitrogens with two attached hydrogens (primary N) is 1. The fraction of sp³-hybridized carbons (Fsp3) is 0.0667. The van der Waals surface area contributed by atoms with Gasteiger partial charge in [0, 0.05) is 17.7 Å². The number of benzene rings is 2. The molecule has 0 radical (unpaired) electrons. The Balaban J connectivity index is 2.13. The van der Waals surface area contributed by atoms with E-state index in [1.54, 1.807) is 18.2 Å². The van der Waals surface area contributed by atoms with Crippen LogP contribution in [0.2, 0.25) is 0 Å². The molecule has 0 aliphatic rings. The summed E-state index contributed by atoms with van der Waals surface area (Å²) < 4.78 is 0. The predicted octanol–water partition coefficient (Wildman–Crippen LogP) is 2.38. The second-order valence-corrected chi connectivity index (χ2v) is 4.53. The summed E-state index contributed by atoms with van der Waals surface area (Å²) in [6.07, 6.45) is 0. The second-order valence-electron chi connectivity index (χ2n) is 4.53. The molecule has 0 saturated carbocycles. The number of hydrogen-bond acceptors (Lipinski definition) is 5. The monoisotopic (exact) mass is 299 g/mol. The number of nitrogens with zero attached hydrogens (tertiary/aromatic N) is 2. The minimum atomic E-state index is -0.820. The van der Waals surface area contributed by atoms with E-state index in [0.29, 0.717) is 5.56 Å². The van der Waals surface area contributed by atoms with Crippen molar-refractivity contribution in [3.05, 3.63) is 75.3 Å². The molecule has 0 heterocycles. The van der Waals surface area contributed by atoms with E-state index in [9.17, 15) is 14.9 Å². The normalized spacial score (nSPS) is 11.0. The van der Waals surface area contributed by atoms with E-state index in [4.69, 9.17) is 10.6 Å². The van der Waals surface area contributed by atoms with Crippen LogP contribution in [0.4, 0.5) is 5.69 Å². The van der Waals surface area contributed by atoms with Crippen molar-refractivity contribution in [2.24, 2.45) is 10.9 Å². The number of non-ortho nitro benzene ring substituents is 1. The molecule has 2 rings (SSSR count). The van der Waals surface area contributed by atoms with E-state index < -0.39 is 10.9 Å². The Hall–Kier alpha value is -3.22. The molecule has 0 atom stereocenters. The Morgan fingerprint density at radius 2 is 1.86 bits per heavy atom. The Labute approximate surface area is 126 Å². The number of amidine groups is 1. The topological polar surface area (TPSA) is 108 Å². The van der Waals surface area contributed by atoms with Crippen LogP contribution in [0.5, 0.6) is 0 Å². The molecule has 2 N–H and O–H groups in total. The molecule has 7 heteroatoms. The Morgan fingerprint density at radius 1 is 1.18 bits per heavy atom. The molecular weight excluding hydrogens is 286 g/mol. The number of nitro groups is 1. The number of carbonyl (C=O) groups is 1. The maximum absolute atomic E-state index is 11.8. The van der Waals surface area contributed by atoms with Crippen LogP contribution in [-0.4, -0.2) is 16.7 Å². The molecule has 0 aliphatic carbocycles. The molecule has 112 valence electrons. The molecule has 0 saturated heterocycles. The smallest absolute Gasteiger partial charge is 0.366 e. The first kappa shape index (κ1) is 15.2. The van der Waals surface area contributed by atoms with Crippen molar-refractivity contribution in [1.82, 2.24) is 0 Å². The van der Waals surface area contributed by atoms with E-state index in [0.717, 1.165) is 11.6 Å². The first-order valence-electron chi connectivity index (χ1n) is 6.33. The summed E-state index contributed by atoms with van der Waals surface area (Å²) in [7, 11) is 0. The second kappa shape index (κ2) is 6.49. The number of hydrogen-bond donors (Lipinski definition) is 1. The summed E-state index contributed by atoms with van der Waals surface area (Å²) in [5, 5.41) is 14.2. The fourth-order valence-electron chi connectivity index (χ4n) is 1.75. The number of carbonyl (C=O) groups excluding carboxylic acids is 1. The maximum atomic E-state index is 11.8. The lowest BCUT2D eigenvalue weighted by molar-refractivity contribution is -0.384. The van der Waals surface area contributed by atoms with Crippen molar-refractivity contribution in [3.8, 4) is 0 Å². The van der Waals surface area contributed by atoms with Gasteiger partial charge in [0.1, 0.15) is 0 Å². The van der Waals surface area contributed by atoms with Gasteiger partial charge in [0.2, 0.25) is 0 Å². The van der Waals surface area contributed by atoms with Gasteiger partial charge in [-0.05, 0) is 19.1 Å². The molecule has 7 nitrogen and oxygen atoms in total. The molecular formula is C15H13N3O4. The van der Waals surface area contributed by atoms with Gasteiger partial charge in [-0.2, -0.15) is 0 Å². The third kappa shape index (κ3) is 3.66. The lowest BCUT2D eigenvalue weighted by Crippen LogP contribution is -2.15. The van der Waals surface area contributed by atoms with Crippen molar-refractivity contribution in [1.29, 1.82) is 0 Å². The number of rotatable bonds is 4. The number of oxime groups is 1. The van der Waals surface area contributed by atoms with E-state index in [2.05, 4.69) is 5.16 Å². The van der Waals surface area contributed by atoms with Crippen LogP contribution in [0.15, 0.2) is 53.7 Å². The molecule has 0 bridgehead atoms. The highest BCUT2D eigenvalue weighted by Crippen LogP contribution is 2.14. The summed E-state index contributed by atoms with van der Waals surface area (Å²) in [6.45, 7) is 1.89. The average Bonchev–Trinajstić information content (AvgIpc) is 2.52. The molecule has 22 heavy (non-hydrogen) atoms. The molecule has 0 aliphatic heterocycles. The van der Waals surface area contributed by atoms with Gasteiger partial charge in [0.05, 0.1) is 10.5 Å². The van der Waals surface area contributed by atoms with Gasteiger partial charge in [-0.25, -0.2) is 4.79 Å². The quantitative estimate of drug-likeness (QED) is 0.306. The van der Waals surface area contributed by atoms with E-state index >= 15 is 0 Å². The van der Waals surface area contributed by atoms with Crippen molar-refractivity contribution in [2.45, 2.75) is 6.92 Å². The summed E-state index contributed by atoms with van der Waals surface area (Å²) >= 11 is 0. The zero-order chi connectivity index (χ0) is 16.1. The largest absolute Gasteiger partial charge is 0.380 e. The number of nitro benzene ring substituents is 1. The zero-order valence-corrected chi connectivity index (χ0v) is 11.7. The van der Waals surface area contributed by atoms with Gasteiger partial charge >= 0.3 is 5.97 Å². The average molecular weight is 299 g/mol. The first-order chi connectivity index (χ1) is 10.5. The van der Waals surface area contributed by atoms with Crippen LogP contribution < -0.4 is 5.73 Å². The van der Waals surface area contributed by atoms with Crippen molar-refractivity contribution in [2.75, 3.05) is 0 Å². The lowest BCUT2D eigenvalue weighted by Gasteiger charge is -2.02. The van der Waals surface area contributed by atoms with Gasteiger partial charge in [-0.3, -0.25) is 10.1 Å². The zero-order valence-electron chi connectivity index (χ0n) is 11.7. The molecule has 0 amide bonds. The highest BCUT2D eigenvalue weighted by molar-refractivity contribution is 5.98. The Morgan fingerprint density at radius 3 is 2.55 bits per heavy atom. The third-order valence-corrected chi connectivity index (χ3v) is 2.83. The summed E-state index contributed by atoms with van der Waals surface area (Å²) in [4.78, 5) is 26.6. The summed E-state index contributed by atoms with van der Waals surface area (Å²) in [6, 6.07) is 12.4. The third-order valence-electron chi connectivity index (χ3n) is 2.83. The van der Waals surface area contributed by atoms with Gasteiger partial charge in [0.15, 0.2) is 5.84 Å². The van der Waals surface area contributed by atoms with Gasteiger partial charge in [-0.15, -0.1) is 0 Å². The SMILES string of the molecule is Cc1cccc(C(N)=NOC(=O)c2cccc([N+](=O)[O-])c2)c1. The van der Waals surface area contributed by atoms with E-state index in [1.165, 1.54) is 18.2 Å². The van der Waals surface area contributed by atoms with Crippen LogP contribution in [0.25, 0.3) is 0 Å². The number of aryl methyl sites for hydroxylation is 1. The van der Waals surface area contributed by atoms with Gasteiger partial charge in [0.25, 0.3) is 5.69 Å². The summed E-state index contributed by atoms with van der Waals surface area (Å²) in [5.74, 6) is -0.776. The highest BCUT2D eigenvalue weighted by Gasteiger charge is 2.13. The molecule has 2 aromatic rings. The van der Waals surface area contributed by atoms with Gasteiger partial charge < -0.3 is 10.6 Å². The minimum absolute atomic E-state index is 0.0231. The lowest BCUT2D eigenvalue weighted by atomic mass is 10.1. The molecule has 0 spiro atoms. The van der Waals surface area contributed by atoms with Crippen LogP contribution in [0.3, 0.4) is 0 Å². The van der Waals surface area contributed by atoms with Crippen LogP contribution in [0.1, 0.15) is 21.5 Å². The highest BCUT2D eigenvalue weighted by atomic mass is 16.7. The van der Waals surface area contributed by atoms with Crippen LogP contribution >= 0.6 is 0 Å². The molecule has 0 aromatic heterocycles. The maximum Gasteiger partial charge on any atom is 0.366 e. The van der Waals surface area contributed by atoms with Crippen molar-refractivity contribution >= 4 is 17.5 Å². The van der Waals surface area contributed by atoms with E-state index in [-0.39, 0.29) is 17.1 Å². The molecule has 2 aromatic carbocycles. The van der Waals surface area contributed by atoms with Crippen LogP contribution in [-0.2, 0) is 4.84 Å². The minimum Gasteiger partial charge on any atom is -0.380 e. The summed E-state index contributed by atoms with van der Waals surface area (Å²) in [5.41, 5.74) is 7.16. The standard InChI is InChI=1S/C15H13N3O4/c1-10-4-2-5-11(8-10)14(16)17-22-15(19)12-6-3-7-13(9-12)18(20)21/h2-9H,1H3,(H2,16,17). The molecule has 0 unspecified atom stereocenters. The van der Waals surface area contributed by atoms with Gasteiger partial charge in [-0.1, -0.05) is 35.0 Å². The van der Waals surface area contributed by atoms with Crippen molar-refractivity contribution < 1.29 is 14.6 Å². The first-order valence-corrected chi connectivity index (χ1v) is 6.33. The van der Waals surface area contributed by atoms with E-state index in [1.807, 2.05) is 13.0 Å². The Kier molecular flexibility index (Phi) is 4.47. The predicted molar refractivity (Wildman–Crippen MR) is 80.4 cm³/mol. The fourth-order valence-corrected chi connectivity index (χ4v) is 1.75. The Bertz CT molecular complexity index is 756. The van der Waals surface area contributed by atoms with Crippen molar-refractivity contribution in [3.63, 3.8) is 0 Å². The van der Waals surface area contributed by atoms with Crippen LogP contribution in [0, 0.1) is 17.0 Å².